The molecule has 9 aromatic carbocycles. The van der Waals surface area contributed by atoms with Crippen molar-refractivity contribution in [3.8, 4) is 33.4 Å². The third-order valence-electron chi connectivity index (χ3n) is 10.9. The first-order chi connectivity index (χ1) is 27.3. The molecule has 0 N–H and O–H groups in total. The zero-order valence-corrected chi connectivity index (χ0v) is 30.6. The van der Waals surface area contributed by atoms with Gasteiger partial charge in [-0.2, -0.15) is 0 Å². The number of nitrogens with zero attached hydrogens (tertiary/aromatic N) is 1. The molecule has 0 fully saturated rings. The fourth-order valence-electron chi connectivity index (χ4n) is 8.26. The van der Waals surface area contributed by atoms with Gasteiger partial charge >= 0.3 is 0 Å². The van der Waals surface area contributed by atoms with Gasteiger partial charge in [-0.05, 0) is 98.8 Å². The van der Waals surface area contributed by atoms with Crippen LogP contribution in [-0.4, -0.2) is 0 Å². The Balaban J connectivity index is 1.11. The van der Waals surface area contributed by atoms with Crippen LogP contribution in [-0.2, 0) is 0 Å². The Hall–Kier alpha value is -6.94. The van der Waals surface area contributed by atoms with Crippen LogP contribution >= 0.6 is 11.3 Å². The van der Waals surface area contributed by atoms with Gasteiger partial charge in [-0.3, -0.25) is 0 Å². The van der Waals surface area contributed by atoms with Crippen molar-refractivity contribution in [2.24, 2.45) is 0 Å². The molecule has 0 unspecified atom stereocenters. The van der Waals surface area contributed by atoms with Crippen LogP contribution in [0.5, 0.6) is 0 Å². The van der Waals surface area contributed by atoms with E-state index in [1.54, 1.807) is 0 Å². The van der Waals surface area contributed by atoms with E-state index in [0.717, 1.165) is 44.6 Å². The smallest absolute Gasteiger partial charge is 0.136 e. The molecular weight excluding hydrogens is 687 g/mol. The highest BCUT2D eigenvalue weighted by Crippen LogP contribution is 2.49. The highest BCUT2D eigenvalue weighted by atomic mass is 32.1. The summed E-state index contributed by atoms with van der Waals surface area (Å²) in [6, 6.07) is 72.2. The number of furan rings is 1. The molecule has 0 bridgehead atoms. The minimum absolute atomic E-state index is 0.904. The van der Waals surface area contributed by atoms with Crippen LogP contribution in [0.4, 0.5) is 17.1 Å². The molecule has 2 aromatic heterocycles. The predicted molar refractivity (Wildman–Crippen MR) is 235 cm³/mol. The molecule has 0 spiro atoms. The molecule has 2 heterocycles. The summed E-state index contributed by atoms with van der Waals surface area (Å²) < 4.78 is 8.81. The van der Waals surface area contributed by atoms with E-state index in [0.29, 0.717) is 0 Å². The maximum absolute atomic E-state index is 6.26. The topological polar surface area (TPSA) is 16.4 Å². The van der Waals surface area contributed by atoms with Gasteiger partial charge in [0.2, 0.25) is 0 Å². The average molecular weight is 720 g/mol. The van der Waals surface area contributed by atoms with Crippen molar-refractivity contribution in [3.63, 3.8) is 0 Å². The van der Waals surface area contributed by atoms with Crippen molar-refractivity contribution in [2.75, 3.05) is 4.90 Å². The molecule has 11 aromatic rings. The molecule has 0 aliphatic carbocycles. The second-order valence-corrected chi connectivity index (χ2v) is 15.1. The number of benzene rings is 9. The summed E-state index contributed by atoms with van der Waals surface area (Å²) in [5, 5.41) is 7.27. The van der Waals surface area contributed by atoms with Gasteiger partial charge in [-0.15, -0.1) is 11.3 Å². The Morgan fingerprint density at radius 3 is 1.84 bits per heavy atom. The number of fused-ring (bicyclic) bond motifs is 7. The molecule has 0 atom stereocenters. The molecule has 0 radical (unpaired) electrons. The largest absolute Gasteiger partial charge is 0.456 e. The lowest BCUT2D eigenvalue weighted by Crippen LogP contribution is -2.10. The first kappa shape index (κ1) is 31.6. The molecule has 0 saturated carbocycles. The van der Waals surface area contributed by atoms with Gasteiger partial charge in [0.15, 0.2) is 0 Å². The quantitative estimate of drug-likeness (QED) is 0.170. The number of thiophene rings is 1. The monoisotopic (exact) mass is 719 g/mol. The van der Waals surface area contributed by atoms with E-state index >= 15 is 0 Å². The van der Waals surface area contributed by atoms with Crippen LogP contribution in [0.25, 0.3) is 86.3 Å². The summed E-state index contributed by atoms with van der Waals surface area (Å²) >= 11 is 1.87. The predicted octanol–water partition coefficient (Wildman–Crippen LogP) is 15.6. The van der Waals surface area contributed by atoms with Gasteiger partial charge in [0.25, 0.3) is 0 Å². The van der Waals surface area contributed by atoms with E-state index in [1.165, 1.54) is 58.8 Å². The van der Waals surface area contributed by atoms with Gasteiger partial charge in [0, 0.05) is 37.6 Å². The number of hydrogen-bond donors (Lipinski definition) is 0. The normalized spacial score (nSPS) is 11.6. The van der Waals surface area contributed by atoms with Crippen molar-refractivity contribution >= 4 is 81.3 Å². The Bertz CT molecular complexity index is 3190. The highest BCUT2D eigenvalue weighted by Gasteiger charge is 2.22. The SMILES string of the molecule is c1ccc(-c2ccc3cc(N(c4ccc(-c5cccc6oc7ccccc7c56)cc4)c4ccc(-c5ccccc5)c5c4sc4ccccc45)ccc3c2)cc1. The first-order valence-corrected chi connectivity index (χ1v) is 19.5. The molecule has 258 valence electrons. The minimum Gasteiger partial charge on any atom is -0.456 e. The zero-order valence-electron chi connectivity index (χ0n) is 29.8. The number of para-hydroxylation sites is 1. The van der Waals surface area contributed by atoms with Crippen molar-refractivity contribution in [1.82, 2.24) is 0 Å². The lowest BCUT2D eigenvalue weighted by atomic mass is 9.97. The Kier molecular flexibility index (Phi) is 7.39. The van der Waals surface area contributed by atoms with Gasteiger partial charge in [0.05, 0.1) is 10.4 Å². The van der Waals surface area contributed by atoms with E-state index in [9.17, 15) is 0 Å². The van der Waals surface area contributed by atoms with Crippen molar-refractivity contribution < 1.29 is 4.42 Å². The van der Waals surface area contributed by atoms with Crippen LogP contribution < -0.4 is 4.90 Å². The van der Waals surface area contributed by atoms with E-state index < -0.39 is 0 Å². The summed E-state index contributed by atoms with van der Waals surface area (Å²) in [5.74, 6) is 0. The maximum Gasteiger partial charge on any atom is 0.136 e. The standard InChI is InChI=1S/C52H33NOS/c1-3-12-34(13-4-1)37-22-23-39-33-41(29-26-38(39)32-37)53(40-27-24-36(25-28-40)42-18-11-20-48-50(42)44-16-7-9-19-47(44)54-48)46-31-30-43(35-14-5-2-6-15-35)51-45-17-8-10-21-49(45)55-52(46)51/h1-33H. The van der Waals surface area contributed by atoms with Gasteiger partial charge < -0.3 is 9.32 Å². The number of hydrogen-bond acceptors (Lipinski definition) is 3. The van der Waals surface area contributed by atoms with Crippen molar-refractivity contribution in [2.45, 2.75) is 0 Å². The molecule has 3 heteroatoms. The van der Waals surface area contributed by atoms with Crippen molar-refractivity contribution in [1.29, 1.82) is 0 Å². The van der Waals surface area contributed by atoms with Crippen molar-refractivity contribution in [3.05, 3.63) is 200 Å². The Morgan fingerprint density at radius 2 is 1.00 bits per heavy atom. The summed E-state index contributed by atoms with van der Waals surface area (Å²) in [6.07, 6.45) is 0. The number of rotatable bonds is 6. The maximum atomic E-state index is 6.26. The lowest BCUT2D eigenvalue weighted by Gasteiger charge is -2.27. The van der Waals surface area contributed by atoms with Crippen LogP contribution in [0.3, 0.4) is 0 Å². The second-order valence-electron chi connectivity index (χ2n) is 14.1. The summed E-state index contributed by atoms with van der Waals surface area (Å²) in [5.41, 5.74) is 12.4. The third kappa shape index (κ3) is 5.32. The second kappa shape index (κ2) is 12.9. The van der Waals surface area contributed by atoms with E-state index in [2.05, 4.69) is 193 Å². The van der Waals surface area contributed by atoms with Crippen LogP contribution in [0.2, 0.25) is 0 Å². The van der Waals surface area contributed by atoms with Gasteiger partial charge in [0.1, 0.15) is 11.2 Å². The zero-order chi connectivity index (χ0) is 36.3. The lowest BCUT2D eigenvalue weighted by molar-refractivity contribution is 0.669. The molecule has 0 aliphatic heterocycles. The summed E-state index contributed by atoms with van der Waals surface area (Å²) in [7, 11) is 0. The third-order valence-corrected chi connectivity index (χ3v) is 12.1. The minimum atomic E-state index is 0.904. The Labute approximate surface area is 322 Å². The molecule has 11 rings (SSSR count). The summed E-state index contributed by atoms with van der Waals surface area (Å²) in [6.45, 7) is 0. The van der Waals surface area contributed by atoms with Crippen LogP contribution in [0.1, 0.15) is 0 Å². The van der Waals surface area contributed by atoms with Crippen LogP contribution in [0.15, 0.2) is 205 Å². The molecule has 2 nitrogen and oxygen atoms in total. The molecule has 0 saturated heterocycles. The van der Waals surface area contributed by atoms with E-state index in [1.807, 2.05) is 23.5 Å². The summed E-state index contributed by atoms with van der Waals surface area (Å²) in [4.78, 5) is 2.44. The fraction of sp³-hybridized carbons (Fsp3) is 0. The Morgan fingerprint density at radius 1 is 0.382 bits per heavy atom. The number of anilines is 3. The fourth-order valence-corrected chi connectivity index (χ4v) is 9.50. The highest BCUT2D eigenvalue weighted by molar-refractivity contribution is 7.26. The molecular formula is C52H33NOS. The molecule has 0 amide bonds. The van der Waals surface area contributed by atoms with Crippen LogP contribution in [0, 0.1) is 0 Å². The van der Waals surface area contributed by atoms with Gasteiger partial charge in [-0.1, -0.05) is 146 Å². The van der Waals surface area contributed by atoms with Gasteiger partial charge in [-0.25, -0.2) is 0 Å². The van der Waals surface area contributed by atoms with E-state index in [4.69, 9.17) is 4.42 Å². The first-order valence-electron chi connectivity index (χ1n) is 18.7. The molecule has 0 aliphatic rings. The van der Waals surface area contributed by atoms with E-state index in [-0.39, 0.29) is 0 Å². The average Bonchev–Trinajstić information content (AvgIpc) is 3.84. The molecule has 55 heavy (non-hydrogen) atoms.